The molecule has 2 heterocycles. The zero-order chi connectivity index (χ0) is 24.8. The Bertz CT molecular complexity index is 1010. The number of furan rings is 1. The first-order valence-electron chi connectivity index (χ1n) is 10.8. The van der Waals surface area contributed by atoms with E-state index in [1.165, 1.54) is 11.2 Å². The summed E-state index contributed by atoms with van der Waals surface area (Å²) >= 11 is 0. The van der Waals surface area contributed by atoms with Gasteiger partial charge in [-0.05, 0) is 38.8 Å². The first kappa shape index (κ1) is 24.8. The van der Waals surface area contributed by atoms with E-state index in [1.807, 2.05) is 0 Å². The maximum atomic E-state index is 13.3. The van der Waals surface area contributed by atoms with Crippen molar-refractivity contribution >= 4 is 23.2 Å². The Morgan fingerprint density at radius 2 is 1.82 bits per heavy atom. The predicted molar refractivity (Wildman–Crippen MR) is 119 cm³/mol. The van der Waals surface area contributed by atoms with Crippen LogP contribution in [0.3, 0.4) is 0 Å². The number of non-ortho nitro benzene ring substituents is 2. The van der Waals surface area contributed by atoms with Crippen molar-refractivity contribution in [3.63, 3.8) is 0 Å². The van der Waals surface area contributed by atoms with Crippen LogP contribution in [0.4, 0.5) is 11.4 Å². The summed E-state index contributed by atoms with van der Waals surface area (Å²) < 4.78 is 11.0. The van der Waals surface area contributed by atoms with Crippen LogP contribution in [0, 0.1) is 20.2 Å². The Morgan fingerprint density at radius 3 is 2.32 bits per heavy atom. The van der Waals surface area contributed by atoms with Gasteiger partial charge in [-0.2, -0.15) is 0 Å². The Labute approximate surface area is 195 Å². The normalized spacial score (nSPS) is 15.3. The van der Waals surface area contributed by atoms with Crippen molar-refractivity contribution in [1.82, 2.24) is 9.80 Å². The molecule has 1 fully saturated rings. The van der Waals surface area contributed by atoms with Crippen molar-refractivity contribution in [1.29, 1.82) is 0 Å². The number of hydrogen-bond donors (Lipinski definition) is 0. The van der Waals surface area contributed by atoms with Crippen LogP contribution in [0.5, 0.6) is 0 Å². The molecule has 2 amide bonds. The van der Waals surface area contributed by atoms with Gasteiger partial charge in [0.1, 0.15) is 12.3 Å². The molecule has 1 aromatic heterocycles. The van der Waals surface area contributed by atoms with E-state index in [0.717, 1.165) is 31.0 Å². The topological polar surface area (TPSA) is 149 Å². The van der Waals surface area contributed by atoms with Gasteiger partial charge in [-0.25, -0.2) is 0 Å². The van der Waals surface area contributed by atoms with Gasteiger partial charge in [-0.1, -0.05) is 0 Å². The van der Waals surface area contributed by atoms with Crippen molar-refractivity contribution in [2.75, 3.05) is 19.7 Å². The summed E-state index contributed by atoms with van der Waals surface area (Å²) in [7, 11) is 0. The molecule has 0 saturated carbocycles. The Balaban J connectivity index is 1.84. The molecular weight excluding hydrogens is 448 g/mol. The lowest BCUT2D eigenvalue weighted by Crippen LogP contribution is -2.47. The third-order valence-corrected chi connectivity index (χ3v) is 5.49. The monoisotopic (exact) mass is 474 g/mol. The number of ether oxygens (including phenoxy) is 1. The van der Waals surface area contributed by atoms with Crippen LogP contribution in [0.2, 0.25) is 0 Å². The lowest BCUT2D eigenvalue weighted by molar-refractivity contribution is -0.394. The molecule has 3 rings (SSSR count). The molecule has 1 unspecified atom stereocenters. The lowest BCUT2D eigenvalue weighted by atomic mass is 10.1. The molecule has 1 atom stereocenters. The van der Waals surface area contributed by atoms with E-state index in [0.29, 0.717) is 18.9 Å². The molecule has 34 heavy (non-hydrogen) atoms. The molecule has 182 valence electrons. The summed E-state index contributed by atoms with van der Waals surface area (Å²) in [6.07, 6.45) is 3.09. The zero-order valence-electron chi connectivity index (χ0n) is 18.9. The number of nitro groups is 2. The number of benzene rings is 1. The van der Waals surface area contributed by atoms with E-state index < -0.39 is 33.2 Å². The third-order valence-electron chi connectivity index (χ3n) is 5.49. The smallest absolute Gasteiger partial charge is 0.277 e. The number of carbonyl (C=O) groups excluding carboxylic acids is 2. The summed E-state index contributed by atoms with van der Waals surface area (Å²) in [4.78, 5) is 50.1. The van der Waals surface area contributed by atoms with Crippen LogP contribution in [-0.4, -0.2) is 63.3 Å². The van der Waals surface area contributed by atoms with Gasteiger partial charge in [0.2, 0.25) is 5.91 Å². The molecule has 1 aliphatic rings. The van der Waals surface area contributed by atoms with Crippen LogP contribution in [-0.2, 0) is 16.1 Å². The maximum absolute atomic E-state index is 13.3. The maximum Gasteiger partial charge on any atom is 0.277 e. The summed E-state index contributed by atoms with van der Waals surface area (Å²) in [5.41, 5.74) is -1.39. The fourth-order valence-corrected chi connectivity index (χ4v) is 3.71. The molecule has 12 nitrogen and oxygen atoms in total. The molecule has 12 heteroatoms. The molecule has 1 saturated heterocycles. The summed E-state index contributed by atoms with van der Waals surface area (Å²) in [6.45, 7) is 4.19. The largest absolute Gasteiger partial charge is 0.467 e. The van der Waals surface area contributed by atoms with Gasteiger partial charge in [-0.3, -0.25) is 29.8 Å². The average Bonchev–Trinajstić information content (AvgIpc) is 3.50. The fourth-order valence-electron chi connectivity index (χ4n) is 3.71. The van der Waals surface area contributed by atoms with E-state index in [1.54, 1.807) is 30.9 Å². The average molecular weight is 474 g/mol. The highest BCUT2D eigenvalue weighted by molar-refractivity contribution is 5.98. The number of nitro benzene ring substituents is 2. The third kappa shape index (κ3) is 6.16. The summed E-state index contributed by atoms with van der Waals surface area (Å²) in [5, 5.41) is 22.4. The minimum absolute atomic E-state index is 0.124. The van der Waals surface area contributed by atoms with Crippen molar-refractivity contribution in [2.45, 2.75) is 45.4 Å². The second-order valence-corrected chi connectivity index (χ2v) is 8.27. The Hall–Kier alpha value is -3.80. The van der Waals surface area contributed by atoms with Crippen LogP contribution in [0.15, 0.2) is 41.0 Å². The second-order valence-electron chi connectivity index (χ2n) is 8.27. The lowest BCUT2D eigenvalue weighted by Gasteiger charge is -2.30. The van der Waals surface area contributed by atoms with Gasteiger partial charge in [0.15, 0.2) is 0 Å². The first-order chi connectivity index (χ1) is 16.2. The van der Waals surface area contributed by atoms with Crippen LogP contribution in [0.25, 0.3) is 0 Å². The Morgan fingerprint density at radius 1 is 1.15 bits per heavy atom. The summed E-state index contributed by atoms with van der Waals surface area (Å²) in [6, 6.07) is 5.73. The minimum Gasteiger partial charge on any atom is -0.467 e. The van der Waals surface area contributed by atoms with Crippen LogP contribution >= 0.6 is 0 Å². The highest BCUT2D eigenvalue weighted by Gasteiger charge is 2.29. The molecule has 1 aromatic carbocycles. The standard InChI is InChI=1S/C22H26N4O8/c1-15(2)24(22(28)16-9-17(25(29)30)11-18(10-16)26(31)32)14-21(27)23(12-19-5-3-7-33-19)13-20-6-4-8-34-20/h3,5,7,9-11,15,20H,4,6,8,12-14H2,1-2H3. The van der Waals surface area contributed by atoms with Gasteiger partial charge < -0.3 is 19.0 Å². The molecule has 0 N–H and O–H groups in total. The van der Waals surface area contributed by atoms with Gasteiger partial charge in [0, 0.05) is 31.3 Å². The number of nitrogens with zero attached hydrogens (tertiary/aromatic N) is 4. The number of hydrogen-bond acceptors (Lipinski definition) is 8. The van der Waals surface area contributed by atoms with Gasteiger partial charge in [-0.15, -0.1) is 0 Å². The minimum atomic E-state index is -0.804. The first-order valence-corrected chi connectivity index (χ1v) is 10.8. The predicted octanol–water partition coefficient (Wildman–Crippen LogP) is 3.15. The van der Waals surface area contributed by atoms with Crippen molar-refractivity contribution < 1.29 is 28.6 Å². The molecule has 0 spiro atoms. The number of carbonyl (C=O) groups is 2. The van der Waals surface area contributed by atoms with Gasteiger partial charge in [0.05, 0.1) is 40.4 Å². The SMILES string of the molecule is CC(C)N(CC(=O)N(Cc1ccco1)CC1CCCO1)C(=O)c1cc([N+](=O)[O-])cc([N+](=O)[O-])c1. The molecule has 2 aromatic rings. The van der Waals surface area contributed by atoms with E-state index in [4.69, 9.17) is 9.15 Å². The fraction of sp³-hybridized carbons (Fsp3) is 0.455. The highest BCUT2D eigenvalue weighted by Crippen LogP contribution is 2.24. The van der Waals surface area contributed by atoms with Crippen LogP contribution < -0.4 is 0 Å². The van der Waals surface area contributed by atoms with E-state index in [2.05, 4.69) is 0 Å². The second kappa shape index (κ2) is 10.9. The van der Waals surface area contributed by atoms with Crippen LogP contribution in [0.1, 0.15) is 42.8 Å². The molecule has 0 bridgehead atoms. The number of rotatable bonds is 10. The molecule has 0 aliphatic carbocycles. The van der Waals surface area contributed by atoms with Gasteiger partial charge in [0.25, 0.3) is 17.3 Å². The zero-order valence-corrected chi connectivity index (χ0v) is 18.9. The van der Waals surface area contributed by atoms with Crippen molar-refractivity contribution in [2.24, 2.45) is 0 Å². The van der Waals surface area contributed by atoms with E-state index in [9.17, 15) is 29.8 Å². The number of amides is 2. The van der Waals surface area contributed by atoms with Gasteiger partial charge >= 0.3 is 0 Å². The van der Waals surface area contributed by atoms with Crippen molar-refractivity contribution in [3.05, 3.63) is 68.1 Å². The summed E-state index contributed by atoms with van der Waals surface area (Å²) in [5.74, 6) is -0.512. The molecule has 0 radical (unpaired) electrons. The quantitative estimate of drug-likeness (QED) is 0.376. The molecular formula is C22H26N4O8. The highest BCUT2D eigenvalue weighted by atomic mass is 16.6. The van der Waals surface area contributed by atoms with E-state index in [-0.39, 0.29) is 30.7 Å². The molecule has 1 aliphatic heterocycles. The Kier molecular flexibility index (Phi) is 7.95. The van der Waals surface area contributed by atoms with E-state index >= 15 is 0 Å². The van der Waals surface area contributed by atoms with Crippen molar-refractivity contribution in [3.8, 4) is 0 Å².